The quantitative estimate of drug-likeness (QED) is 0.775. The van der Waals surface area contributed by atoms with Gasteiger partial charge in [-0.2, -0.15) is 13.2 Å². The molecule has 116 valence electrons. The summed E-state index contributed by atoms with van der Waals surface area (Å²) in [7, 11) is 1.91. The summed E-state index contributed by atoms with van der Waals surface area (Å²) in [6.07, 6.45) is 4.64. The third-order valence-corrected chi connectivity index (χ3v) is 4.07. The van der Waals surface area contributed by atoms with Crippen LogP contribution in [0.3, 0.4) is 0 Å². The molecule has 1 N–H and O–H groups in total. The van der Waals surface area contributed by atoms with Gasteiger partial charge in [-0.05, 0) is 63.3 Å². The van der Waals surface area contributed by atoms with Gasteiger partial charge in [0.25, 0.3) is 0 Å². The van der Waals surface area contributed by atoms with Gasteiger partial charge in [0.05, 0.1) is 5.56 Å². The van der Waals surface area contributed by atoms with Crippen LogP contribution >= 0.6 is 0 Å². The van der Waals surface area contributed by atoms with E-state index in [-0.39, 0.29) is 6.04 Å². The molecule has 1 atom stereocenters. The minimum atomic E-state index is -4.26. The molecule has 0 aliphatic heterocycles. The fourth-order valence-electron chi connectivity index (χ4n) is 2.80. The van der Waals surface area contributed by atoms with E-state index in [0.29, 0.717) is 0 Å². The van der Waals surface area contributed by atoms with Crippen LogP contribution in [0.1, 0.15) is 43.2 Å². The third kappa shape index (κ3) is 4.88. The Bertz CT molecular complexity index is 474. The number of allylic oxidation sites excluding steroid dienone is 1. The van der Waals surface area contributed by atoms with Gasteiger partial charge >= 0.3 is 6.18 Å². The monoisotopic (exact) mass is 297 g/mol. The van der Waals surface area contributed by atoms with Gasteiger partial charge < -0.3 is 5.32 Å². The second kappa shape index (κ2) is 7.12. The van der Waals surface area contributed by atoms with Crippen molar-refractivity contribution < 1.29 is 13.2 Å². The van der Waals surface area contributed by atoms with Crippen molar-refractivity contribution in [2.45, 2.75) is 50.7 Å². The average Bonchev–Trinajstić information content (AvgIpc) is 2.47. The molecule has 21 heavy (non-hydrogen) atoms. The molecule has 0 amide bonds. The number of hydrogen-bond donors (Lipinski definition) is 1. The lowest BCUT2D eigenvalue weighted by Crippen LogP contribution is -2.28. The number of alkyl halides is 3. The largest absolute Gasteiger partial charge is 0.416 e. The van der Waals surface area contributed by atoms with E-state index in [1.807, 2.05) is 7.05 Å². The Hall–Kier alpha value is -1.29. The first-order valence-electron chi connectivity index (χ1n) is 7.50. The Morgan fingerprint density at radius 1 is 1.10 bits per heavy atom. The maximum Gasteiger partial charge on any atom is 0.416 e. The van der Waals surface area contributed by atoms with Crippen molar-refractivity contribution in [2.24, 2.45) is 0 Å². The summed E-state index contributed by atoms with van der Waals surface area (Å²) in [6, 6.07) is 5.79. The summed E-state index contributed by atoms with van der Waals surface area (Å²) in [5.41, 5.74) is 1.84. The highest BCUT2D eigenvalue weighted by Crippen LogP contribution is 2.29. The van der Waals surface area contributed by atoms with E-state index in [0.717, 1.165) is 31.2 Å². The zero-order valence-corrected chi connectivity index (χ0v) is 12.3. The van der Waals surface area contributed by atoms with Crippen molar-refractivity contribution in [2.75, 3.05) is 7.05 Å². The van der Waals surface area contributed by atoms with Crippen LogP contribution in [-0.2, 0) is 12.6 Å². The van der Waals surface area contributed by atoms with Crippen LogP contribution in [0.15, 0.2) is 35.9 Å². The molecule has 1 aliphatic carbocycles. The molecule has 1 unspecified atom stereocenters. The predicted octanol–water partition coefficient (Wildman–Crippen LogP) is 4.73. The fraction of sp³-hybridized carbons (Fsp3) is 0.529. The summed E-state index contributed by atoms with van der Waals surface area (Å²) in [5.74, 6) is 0. The maximum atomic E-state index is 12.5. The van der Waals surface area contributed by atoms with Crippen LogP contribution in [-0.4, -0.2) is 13.1 Å². The van der Waals surface area contributed by atoms with E-state index in [1.54, 1.807) is 12.1 Å². The van der Waals surface area contributed by atoms with Crippen LogP contribution in [0.2, 0.25) is 0 Å². The van der Waals surface area contributed by atoms with Crippen LogP contribution in [0.25, 0.3) is 0 Å². The number of likely N-dealkylation sites (N-methyl/N-ethyl adjacent to an activating group) is 1. The molecule has 2 rings (SSSR count). The first-order valence-corrected chi connectivity index (χ1v) is 7.50. The molecule has 1 aliphatic rings. The van der Waals surface area contributed by atoms with Crippen molar-refractivity contribution in [1.29, 1.82) is 0 Å². The molecule has 4 heteroatoms. The molecular weight excluding hydrogens is 275 g/mol. The van der Waals surface area contributed by atoms with E-state index >= 15 is 0 Å². The van der Waals surface area contributed by atoms with Crippen LogP contribution < -0.4 is 5.32 Å². The minimum Gasteiger partial charge on any atom is -0.316 e. The zero-order valence-electron chi connectivity index (χ0n) is 12.3. The molecule has 0 spiro atoms. The van der Waals surface area contributed by atoms with Crippen LogP contribution in [0, 0.1) is 0 Å². The summed E-state index contributed by atoms with van der Waals surface area (Å²) in [5, 5.41) is 3.28. The molecule has 1 nitrogen and oxygen atoms in total. The Morgan fingerprint density at radius 2 is 1.81 bits per heavy atom. The Morgan fingerprint density at radius 3 is 2.33 bits per heavy atom. The first kappa shape index (κ1) is 16.1. The lowest BCUT2D eigenvalue weighted by Gasteiger charge is -2.20. The van der Waals surface area contributed by atoms with E-state index in [9.17, 15) is 13.2 Å². The van der Waals surface area contributed by atoms with Crippen LogP contribution in [0.4, 0.5) is 13.2 Å². The molecular formula is C17H22F3N. The Balaban J connectivity index is 1.96. The lowest BCUT2D eigenvalue weighted by atomic mass is 9.92. The van der Waals surface area contributed by atoms with Crippen molar-refractivity contribution in [1.82, 2.24) is 5.32 Å². The van der Waals surface area contributed by atoms with Crippen molar-refractivity contribution in [3.63, 3.8) is 0 Å². The molecule has 0 heterocycles. The smallest absolute Gasteiger partial charge is 0.316 e. The number of nitrogens with one attached hydrogen (secondary N) is 1. The Labute approximate surface area is 124 Å². The van der Waals surface area contributed by atoms with Gasteiger partial charge in [0.1, 0.15) is 0 Å². The lowest BCUT2D eigenvalue weighted by molar-refractivity contribution is -0.137. The molecule has 1 aromatic rings. The van der Waals surface area contributed by atoms with Crippen molar-refractivity contribution >= 4 is 0 Å². The molecule has 0 radical (unpaired) electrons. The predicted molar refractivity (Wildman–Crippen MR) is 79.2 cm³/mol. The van der Waals surface area contributed by atoms with E-state index in [4.69, 9.17) is 0 Å². The molecule has 0 saturated carbocycles. The van der Waals surface area contributed by atoms with Gasteiger partial charge in [0.2, 0.25) is 0 Å². The molecule has 0 saturated heterocycles. The number of halogens is 3. The SMILES string of the molecule is CNC(CC1=CCCCC1)Cc1ccc(C(F)(F)F)cc1. The van der Waals surface area contributed by atoms with E-state index in [1.165, 1.54) is 30.5 Å². The van der Waals surface area contributed by atoms with Gasteiger partial charge in [0, 0.05) is 6.04 Å². The third-order valence-electron chi connectivity index (χ3n) is 4.07. The molecule has 0 aromatic heterocycles. The van der Waals surface area contributed by atoms with E-state index < -0.39 is 11.7 Å². The van der Waals surface area contributed by atoms with Gasteiger partial charge in [-0.25, -0.2) is 0 Å². The topological polar surface area (TPSA) is 12.0 Å². The van der Waals surface area contributed by atoms with Crippen LogP contribution in [0.5, 0.6) is 0 Å². The molecule has 0 bridgehead atoms. The second-order valence-electron chi connectivity index (χ2n) is 5.70. The number of rotatable bonds is 5. The van der Waals surface area contributed by atoms with Gasteiger partial charge in [-0.3, -0.25) is 0 Å². The van der Waals surface area contributed by atoms with Gasteiger partial charge in [-0.15, -0.1) is 0 Å². The normalized spacial score (nSPS) is 17.4. The highest BCUT2D eigenvalue weighted by molar-refractivity contribution is 5.25. The fourth-order valence-corrected chi connectivity index (χ4v) is 2.80. The first-order chi connectivity index (χ1) is 9.99. The van der Waals surface area contributed by atoms with Gasteiger partial charge in [0.15, 0.2) is 0 Å². The minimum absolute atomic E-state index is 0.283. The average molecular weight is 297 g/mol. The highest BCUT2D eigenvalue weighted by Gasteiger charge is 2.29. The number of hydrogen-bond acceptors (Lipinski definition) is 1. The van der Waals surface area contributed by atoms with E-state index in [2.05, 4.69) is 11.4 Å². The molecule has 0 fully saturated rings. The number of benzene rings is 1. The standard InChI is InChI=1S/C17H22F3N/c1-21-16(11-13-5-3-2-4-6-13)12-14-7-9-15(10-8-14)17(18,19)20/h5,7-10,16,21H,2-4,6,11-12H2,1H3. The summed E-state index contributed by atoms with van der Waals surface area (Å²) < 4.78 is 37.6. The second-order valence-corrected chi connectivity index (χ2v) is 5.70. The highest BCUT2D eigenvalue weighted by atomic mass is 19.4. The summed E-state index contributed by atoms with van der Waals surface area (Å²) in [6.45, 7) is 0. The molecule has 1 aromatic carbocycles. The maximum absolute atomic E-state index is 12.5. The summed E-state index contributed by atoms with van der Waals surface area (Å²) >= 11 is 0. The van der Waals surface area contributed by atoms with Crippen molar-refractivity contribution in [3.05, 3.63) is 47.0 Å². The Kier molecular flexibility index (Phi) is 5.45. The zero-order chi connectivity index (χ0) is 15.3. The van der Waals surface area contributed by atoms with Crippen molar-refractivity contribution in [3.8, 4) is 0 Å². The van der Waals surface area contributed by atoms with Gasteiger partial charge in [-0.1, -0.05) is 23.8 Å². The summed E-state index contributed by atoms with van der Waals surface area (Å²) in [4.78, 5) is 0.